The fourth-order valence-corrected chi connectivity index (χ4v) is 3.41. The molecule has 30 heavy (non-hydrogen) atoms. The van der Waals surface area contributed by atoms with Crippen LogP contribution < -0.4 is 10.6 Å². The van der Waals surface area contributed by atoms with Gasteiger partial charge in [-0.2, -0.15) is 5.10 Å². The molecular formula is C21H26IN7O. The number of rotatable bonds is 7. The molecular weight excluding hydrogens is 493 g/mol. The minimum absolute atomic E-state index is 0. The zero-order chi connectivity index (χ0) is 20.1. The molecule has 0 aliphatic carbocycles. The smallest absolute Gasteiger partial charge is 0.216 e. The van der Waals surface area contributed by atoms with Gasteiger partial charge in [0.1, 0.15) is 5.82 Å². The monoisotopic (exact) mass is 519 g/mol. The van der Waals surface area contributed by atoms with Crippen LogP contribution in [0.1, 0.15) is 17.1 Å². The maximum atomic E-state index is 5.31. The van der Waals surface area contributed by atoms with Crippen molar-refractivity contribution in [1.29, 1.82) is 0 Å². The van der Waals surface area contributed by atoms with Crippen molar-refractivity contribution in [2.75, 3.05) is 20.1 Å². The Hall–Kier alpha value is -2.82. The molecule has 0 aliphatic heterocycles. The molecule has 9 heteroatoms. The van der Waals surface area contributed by atoms with Crippen LogP contribution in [0.3, 0.4) is 0 Å². The molecule has 4 N–H and O–H groups in total. The van der Waals surface area contributed by atoms with Crippen molar-refractivity contribution in [3.63, 3.8) is 0 Å². The second-order valence-electron chi connectivity index (χ2n) is 6.78. The average Bonchev–Trinajstić information content (AvgIpc) is 3.47. The van der Waals surface area contributed by atoms with E-state index in [-0.39, 0.29) is 24.0 Å². The third-order valence-corrected chi connectivity index (χ3v) is 4.85. The van der Waals surface area contributed by atoms with E-state index in [9.17, 15) is 0 Å². The highest BCUT2D eigenvalue weighted by atomic mass is 127. The predicted octanol–water partition coefficient (Wildman–Crippen LogP) is 3.42. The summed E-state index contributed by atoms with van der Waals surface area (Å²) in [4.78, 5) is 12.2. The van der Waals surface area contributed by atoms with Gasteiger partial charge in [-0.1, -0.05) is 18.2 Å². The van der Waals surface area contributed by atoms with E-state index >= 15 is 0 Å². The number of aromatic nitrogens is 4. The molecule has 0 spiro atoms. The summed E-state index contributed by atoms with van der Waals surface area (Å²) in [5.74, 6) is 2.80. The quantitative estimate of drug-likeness (QED) is 0.170. The van der Waals surface area contributed by atoms with E-state index in [0.29, 0.717) is 24.6 Å². The second kappa shape index (κ2) is 10.3. The summed E-state index contributed by atoms with van der Waals surface area (Å²) in [6.07, 6.45) is 3.24. The lowest BCUT2D eigenvalue weighted by Crippen LogP contribution is -2.39. The highest BCUT2D eigenvalue weighted by Crippen LogP contribution is 2.21. The topological polar surface area (TPSA) is 107 Å². The van der Waals surface area contributed by atoms with Crippen LogP contribution >= 0.6 is 24.0 Å². The summed E-state index contributed by atoms with van der Waals surface area (Å²) >= 11 is 0. The highest BCUT2D eigenvalue weighted by Gasteiger charge is 2.09. The summed E-state index contributed by atoms with van der Waals surface area (Å²) < 4.78 is 5.31. The molecule has 8 nitrogen and oxygen atoms in total. The molecule has 4 aromatic rings. The van der Waals surface area contributed by atoms with Crippen LogP contribution in [0.4, 0.5) is 0 Å². The summed E-state index contributed by atoms with van der Waals surface area (Å²) in [6, 6.07) is 12.1. The Morgan fingerprint density at radius 3 is 2.67 bits per heavy atom. The molecule has 158 valence electrons. The number of para-hydroxylation sites is 1. The molecule has 0 unspecified atom stereocenters. The molecule has 1 aromatic carbocycles. The van der Waals surface area contributed by atoms with Gasteiger partial charge in [-0.3, -0.25) is 10.1 Å². The van der Waals surface area contributed by atoms with Crippen molar-refractivity contribution >= 4 is 40.8 Å². The summed E-state index contributed by atoms with van der Waals surface area (Å²) in [6.45, 7) is 3.61. The van der Waals surface area contributed by atoms with Crippen LogP contribution in [0.15, 0.2) is 52.1 Å². The molecule has 3 heterocycles. The van der Waals surface area contributed by atoms with Gasteiger partial charge in [0.2, 0.25) is 5.82 Å². The first-order valence-electron chi connectivity index (χ1n) is 9.70. The van der Waals surface area contributed by atoms with Crippen LogP contribution in [0.5, 0.6) is 0 Å². The largest absolute Gasteiger partial charge is 0.461 e. The first-order valence-corrected chi connectivity index (χ1v) is 9.70. The Morgan fingerprint density at radius 1 is 1.10 bits per heavy atom. The molecule has 0 atom stereocenters. The van der Waals surface area contributed by atoms with E-state index in [0.717, 1.165) is 24.7 Å². The molecule has 0 amide bonds. The molecule has 0 saturated heterocycles. The molecule has 0 saturated carbocycles. The minimum atomic E-state index is 0. The summed E-state index contributed by atoms with van der Waals surface area (Å²) in [5.41, 5.74) is 3.74. The van der Waals surface area contributed by atoms with E-state index in [4.69, 9.17) is 4.42 Å². The Morgan fingerprint density at radius 2 is 1.90 bits per heavy atom. The van der Waals surface area contributed by atoms with Gasteiger partial charge < -0.3 is 20.0 Å². The summed E-state index contributed by atoms with van der Waals surface area (Å²) in [7, 11) is 1.77. The minimum Gasteiger partial charge on any atom is -0.461 e. The van der Waals surface area contributed by atoms with Crippen LogP contribution in [-0.4, -0.2) is 46.3 Å². The van der Waals surface area contributed by atoms with Crippen LogP contribution in [0.2, 0.25) is 0 Å². The number of nitrogens with one attached hydrogen (secondary N) is 4. The van der Waals surface area contributed by atoms with Gasteiger partial charge in [0, 0.05) is 43.2 Å². The van der Waals surface area contributed by atoms with E-state index in [1.807, 2.05) is 12.1 Å². The molecule has 0 aliphatic rings. The number of fused-ring (bicyclic) bond motifs is 1. The number of nitrogens with zero attached hydrogens (tertiary/aromatic N) is 3. The van der Waals surface area contributed by atoms with Crippen molar-refractivity contribution < 1.29 is 4.42 Å². The third kappa shape index (κ3) is 5.02. The van der Waals surface area contributed by atoms with E-state index < -0.39 is 0 Å². The zero-order valence-corrected chi connectivity index (χ0v) is 19.4. The van der Waals surface area contributed by atoms with Crippen molar-refractivity contribution in [3.8, 4) is 11.6 Å². The number of hydrogen-bond donors (Lipinski definition) is 4. The molecule has 0 fully saturated rings. The number of aromatic amines is 2. The average molecular weight is 519 g/mol. The summed E-state index contributed by atoms with van der Waals surface area (Å²) in [5, 5.41) is 15.1. The lowest BCUT2D eigenvalue weighted by molar-refractivity contribution is 0.577. The van der Waals surface area contributed by atoms with E-state index in [1.54, 1.807) is 13.3 Å². The lowest BCUT2D eigenvalue weighted by Gasteiger charge is -2.11. The van der Waals surface area contributed by atoms with E-state index in [1.165, 1.54) is 22.2 Å². The predicted molar refractivity (Wildman–Crippen MR) is 129 cm³/mol. The Bertz CT molecular complexity index is 1100. The number of aliphatic imine (C=N–C) groups is 1. The van der Waals surface area contributed by atoms with Crippen molar-refractivity contribution in [2.45, 2.75) is 19.8 Å². The van der Waals surface area contributed by atoms with Crippen LogP contribution in [-0.2, 0) is 12.8 Å². The fourth-order valence-electron chi connectivity index (χ4n) is 3.41. The Kier molecular flexibility index (Phi) is 7.50. The van der Waals surface area contributed by atoms with E-state index in [2.05, 4.69) is 67.0 Å². The van der Waals surface area contributed by atoms with Crippen molar-refractivity contribution in [3.05, 3.63) is 59.7 Å². The SMILES string of the molecule is CN=C(NCCc1nc(-c2ccco2)n[nH]1)NCCc1c(C)[nH]c2ccccc12.I. The standard InChI is InChI=1S/C21H25N7O.HI/c1-14-15(16-6-3-4-7-17(16)25-14)9-11-23-21(22-2)24-12-10-19-26-20(28-27-19)18-8-5-13-29-18;/h3-8,13,25H,9-12H2,1-2H3,(H2,22,23,24)(H,26,27,28);1H. The maximum absolute atomic E-state index is 5.31. The zero-order valence-electron chi connectivity index (χ0n) is 17.0. The van der Waals surface area contributed by atoms with Crippen LogP contribution in [0.25, 0.3) is 22.5 Å². The fraction of sp³-hybridized carbons (Fsp3) is 0.286. The van der Waals surface area contributed by atoms with Gasteiger partial charge in [-0.25, -0.2) is 4.98 Å². The number of benzene rings is 1. The number of halogens is 1. The molecule has 4 rings (SSSR count). The third-order valence-electron chi connectivity index (χ3n) is 4.85. The molecule has 0 radical (unpaired) electrons. The van der Waals surface area contributed by atoms with Gasteiger partial charge in [0.15, 0.2) is 11.7 Å². The highest BCUT2D eigenvalue weighted by molar-refractivity contribution is 14.0. The van der Waals surface area contributed by atoms with Crippen LogP contribution in [0, 0.1) is 6.92 Å². The maximum Gasteiger partial charge on any atom is 0.216 e. The number of aryl methyl sites for hydroxylation is 1. The van der Waals surface area contributed by atoms with Crippen molar-refractivity contribution in [2.24, 2.45) is 4.99 Å². The van der Waals surface area contributed by atoms with Gasteiger partial charge >= 0.3 is 0 Å². The number of hydrogen-bond acceptors (Lipinski definition) is 4. The van der Waals surface area contributed by atoms with Gasteiger partial charge in [0.25, 0.3) is 0 Å². The van der Waals surface area contributed by atoms with Gasteiger partial charge in [-0.05, 0) is 37.1 Å². The number of guanidine groups is 1. The normalized spacial score (nSPS) is 11.5. The number of furan rings is 1. The lowest BCUT2D eigenvalue weighted by atomic mass is 10.1. The first-order chi connectivity index (χ1) is 14.2. The van der Waals surface area contributed by atoms with Gasteiger partial charge in [0.05, 0.1) is 6.26 Å². The Labute approximate surface area is 192 Å². The first kappa shape index (κ1) is 21.9. The Balaban J connectivity index is 0.00000256. The molecule has 3 aromatic heterocycles. The number of H-pyrrole nitrogens is 2. The van der Waals surface area contributed by atoms with Gasteiger partial charge in [-0.15, -0.1) is 24.0 Å². The van der Waals surface area contributed by atoms with Crippen molar-refractivity contribution in [1.82, 2.24) is 30.8 Å². The molecule has 0 bridgehead atoms. The second-order valence-corrected chi connectivity index (χ2v) is 6.78.